The van der Waals surface area contributed by atoms with Crippen LogP contribution in [0.4, 0.5) is 0 Å². The average Bonchev–Trinajstić information content (AvgIpc) is 2.83. The SMILES string of the molecule is CC(NCc1ccc(CC(=O)O)s1)c1ccc(Cl)cc1. The second-order valence-electron chi connectivity index (χ2n) is 4.59. The molecule has 0 aliphatic rings. The van der Waals surface area contributed by atoms with Gasteiger partial charge in [0.1, 0.15) is 0 Å². The Labute approximate surface area is 127 Å². The van der Waals surface area contributed by atoms with E-state index >= 15 is 0 Å². The van der Waals surface area contributed by atoms with E-state index in [4.69, 9.17) is 16.7 Å². The quantitative estimate of drug-likeness (QED) is 0.851. The van der Waals surface area contributed by atoms with Crippen LogP contribution in [0.5, 0.6) is 0 Å². The van der Waals surface area contributed by atoms with Crippen LogP contribution in [0.25, 0.3) is 0 Å². The van der Waals surface area contributed by atoms with Gasteiger partial charge in [-0.05, 0) is 36.8 Å². The summed E-state index contributed by atoms with van der Waals surface area (Å²) in [6.45, 7) is 2.82. The molecule has 0 radical (unpaired) electrons. The summed E-state index contributed by atoms with van der Waals surface area (Å²) in [6, 6.07) is 11.8. The van der Waals surface area contributed by atoms with E-state index in [0.29, 0.717) is 0 Å². The minimum Gasteiger partial charge on any atom is -0.481 e. The minimum absolute atomic E-state index is 0.0946. The van der Waals surface area contributed by atoms with Gasteiger partial charge in [0, 0.05) is 27.4 Å². The number of hydrogen-bond donors (Lipinski definition) is 2. The summed E-state index contributed by atoms with van der Waals surface area (Å²) in [5, 5.41) is 12.9. The molecule has 0 fully saturated rings. The minimum atomic E-state index is -0.791. The number of halogens is 1. The molecule has 106 valence electrons. The number of benzene rings is 1. The predicted molar refractivity (Wildman–Crippen MR) is 82.4 cm³/mol. The zero-order valence-corrected chi connectivity index (χ0v) is 12.7. The summed E-state index contributed by atoms with van der Waals surface area (Å²) < 4.78 is 0. The summed E-state index contributed by atoms with van der Waals surface area (Å²) in [6.07, 6.45) is 0.0946. The zero-order chi connectivity index (χ0) is 14.5. The summed E-state index contributed by atoms with van der Waals surface area (Å²) in [5.74, 6) is -0.791. The van der Waals surface area contributed by atoms with Crippen LogP contribution in [-0.4, -0.2) is 11.1 Å². The van der Waals surface area contributed by atoms with Crippen LogP contribution in [0.2, 0.25) is 5.02 Å². The molecule has 1 heterocycles. The average molecular weight is 310 g/mol. The molecular formula is C15H16ClNO2S. The first-order chi connectivity index (χ1) is 9.54. The van der Waals surface area contributed by atoms with Gasteiger partial charge in [-0.3, -0.25) is 4.79 Å². The molecule has 0 bridgehead atoms. The standard InChI is InChI=1S/C15H16ClNO2S/c1-10(11-2-4-12(16)5-3-11)17-9-14-7-6-13(20-14)8-15(18)19/h2-7,10,17H,8-9H2,1H3,(H,18,19). The van der Waals surface area contributed by atoms with Crippen LogP contribution in [0.1, 0.15) is 28.3 Å². The molecule has 1 atom stereocenters. The third-order valence-corrected chi connectivity index (χ3v) is 4.33. The van der Waals surface area contributed by atoms with E-state index in [-0.39, 0.29) is 12.5 Å². The fourth-order valence-electron chi connectivity index (χ4n) is 1.88. The van der Waals surface area contributed by atoms with E-state index in [9.17, 15) is 4.79 Å². The molecular weight excluding hydrogens is 294 g/mol. The van der Waals surface area contributed by atoms with Crippen molar-refractivity contribution in [3.63, 3.8) is 0 Å². The monoisotopic (exact) mass is 309 g/mol. The highest BCUT2D eigenvalue weighted by Crippen LogP contribution is 2.20. The van der Waals surface area contributed by atoms with E-state index in [2.05, 4.69) is 12.2 Å². The van der Waals surface area contributed by atoms with Crippen LogP contribution in [0.3, 0.4) is 0 Å². The van der Waals surface area contributed by atoms with Crippen molar-refractivity contribution in [1.29, 1.82) is 0 Å². The summed E-state index contributed by atoms with van der Waals surface area (Å²) in [5.41, 5.74) is 1.18. The van der Waals surface area contributed by atoms with Crippen molar-refractivity contribution < 1.29 is 9.90 Å². The zero-order valence-electron chi connectivity index (χ0n) is 11.1. The van der Waals surface area contributed by atoms with Crippen molar-refractivity contribution in [2.45, 2.75) is 25.9 Å². The molecule has 2 rings (SSSR count). The number of aliphatic carboxylic acids is 1. The lowest BCUT2D eigenvalue weighted by Crippen LogP contribution is -2.17. The molecule has 1 aromatic carbocycles. The Morgan fingerprint density at radius 1 is 1.25 bits per heavy atom. The third kappa shape index (κ3) is 4.34. The molecule has 20 heavy (non-hydrogen) atoms. The Hall–Kier alpha value is -1.36. The third-order valence-electron chi connectivity index (χ3n) is 3.00. The number of hydrogen-bond acceptors (Lipinski definition) is 3. The normalized spacial score (nSPS) is 12.3. The highest BCUT2D eigenvalue weighted by atomic mass is 35.5. The maximum absolute atomic E-state index is 10.6. The van der Waals surface area contributed by atoms with Gasteiger partial charge in [0.2, 0.25) is 0 Å². The molecule has 1 aromatic heterocycles. The van der Waals surface area contributed by atoms with E-state index in [0.717, 1.165) is 21.3 Å². The van der Waals surface area contributed by atoms with Crippen molar-refractivity contribution in [1.82, 2.24) is 5.32 Å². The van der Waals surface area contributed by atoms with Crippen LogP contribution in [0, 0.1) is 0 Å². The molecule has 0 amide bonds. The maximum atomic E-state index is 10.6. The lowest BCUT2D eigenvalue weighted by Gasteiger charge is -2.13. The number of thiophene rings is 1. The van der Waals surface area contributed by atoms with Crippen molar-refractivity contribution in [3.8, 4) is 0 Å². The first-order valence-corrected chi connectivity index (χ1v) is 7.52. The first-order valence-electron chi connectivity index (χ1n) is 6.33. The molecule has 0 aliphatic heterocycles. The highest BCUT2D eigenvalue weighted by Gasteiger charge is 2.07. The largest absolute Gasteiger partial charge is 0.481 e. The number of carbonyl (C=O) groups is 1. The molecule has 0 saturated carbocycles. The summed E-state index contributed by atoms with van der Waals surface area (Å²) in [4.78, 5) is 12.7. The van der Waals surface area contributed by atoms with Crippen molar-refractivity contribution in [2.75, 3.05) is 0 Å². The lowest BCUT2D eigenvalue weighted by molar-refractivity contribution is -0.136. The fourth-order valence-corrected chi connectivity index (χ4v) is 2.97. The van der Waals surface area contributed by atoms with E-state index in [1.165, 1.54) is 16.9 Å². The smallest absolute Gasteiger partial charge is 0.308 e. The molecule has 5 heteroatoms. The van der Waals surface area contributed by atoms with E-state index in [1.807, 2.05) is 36.4 Å². The van der Waals surface area contributed by atoms with Crippen molar-refractivity contribution in [3.05, 3.63) is 56.7 Å². The number of carboxylic acids is 1. The molecule has 0 aliphatic carbocycles. The molecule has 1 unspecified atom stereocenters. The van der Waals surface area contributed by atoms with Gasteiger partial charge >= 0.3 is 5.97 Å². The maximum Gasteiger partial charge on any atom is 0.308 e. The van der Waals surface area contributed by atoms with Crippen LogP contribution >= 0.6 is 22.9 Å². The van der Waals surface area contributed by atoms with Gasteiger partial charge < -0.3 is 10.4 Å². The Morgan fingerprint density at radius 3 is 2.55 bits per heavy atom. The number of nitrogens with one attached hydrogen (secondary N) is 1. The lowest BCUT2D eigenvalue weighted by atomic mass is 10.1. The van der Waals surface area contributed by atoms with Gasteiger partial charge in [0.05, 0.1) is 6.42 Å². The van der Waals surface area contributed by atoms with Gasteiger partial charge in [-0.15, -0.1) is 11.3 Å². The van der Waals surface area contributed by atoms with Crippen LogP contribution < -0.4 is 5.32 Å². The van der Waals surface area contributed by atoms with Crippen molar-refractivity contribution >= 4 is 28.9 Å². The first kappa shape index (κ1) is 15.0. The molecule has 2 aromatic rings. The van der Waals surface area contributed by atoms with Crippen LogP contribution in [0.15, 0.2) is 36.4 Å². The molecule has 0 spiro atoms. The Bertz CT molecular complexity index is 580. The van der Waals surface area contributed by atoms with Gasteiger partial charge in [-0.1, -0.05) is 23.7 Å². The predicted octanol–water partition coefficient (Wildman–Crippen LogP) is 3.88. The van der Waals surface area contributed by atoms with Gasteiger partial charge in [0.25, 0.3) is 0 Å². The second-order valence-corrected chi connectivity index (χ2v) is 6.28. The molecule has 3 nitrogen and oxygen atoms in total. The second kappa shape index (κ2) is 6.88. The Kier molecular flexibility index (Phi) is 5.17. The molecule has 2 N–H and O–H groups in total. The van der Waals surface area contributed by atoms with Gasteiger partial charge in [0.15, 0.2) is 0 Å². The Balaban J connectivity index is 1.89. The number of rotatable bonds is 6. The molecule has 0 saturated heterocycles. The van der Waals surface area contributed by atoms with E-state index < -0.39 is 5.97 Å². The summed E-state index contributed by atoms with van der Waals surface area (Å²) in [7, 11) is 0. The van der Waals surface area contributed by atoms with E-state index in [1.54, 1.807) is 0 Å². The van der Waals surface area contributed by atoms with Gasteiger partial charge in [-0.25, -0.2) is 0 Å². The Morgan fingerprint density at radius 2 is 1.90 bits per heavy atom. The summed E-state index contributed by atoms with van der Waals surface area (Å²) >= 11 is 7.40. The van der Waals surface area contributed by atoms with Crippen LogP contribution in [-0.2, 0) is 17.8 Å². The number of carboxylic acid groups (broad SMARTS) is 1. The van der Waals surface area contributed by atoms with Crippen molar-refractivity contribution in [2.24, 2.45) is 0 Å². The topological polar surface area (TPSA) is 49.3 Å². The van der Waals surface area contributed by atoms with Gasteiger partial charge in [-0.2, -0.15) is 0 Å². The fraction of sp³-hybridized carbons (Fsp3) is 0.267. The highest BCUT2D eigenvalue weighted by molar-refractivity contribution is 7.12.